The summed E-state index contributed by atoms with van der Waals surface area (Å²) in [5, 5.41) is 0. The van der Waals surface area contributed by atoms with Crippen molar-refractivity contribution in [1.82, 2.24) is 0 Å². The van der Waals surface area contributed by atoms with Gasteiger partial charge in [-0.3, -0.25) is 0 Å². The molecule has 1 heteroatoms. The molecule has 0 spiro atoms. The van der Waals surface area contributed by atoms with Crippen LogP contribution in [0.4, 0.5) is 0 Å². The Morgan fingerprint density at radius 1 is 0.722 bits per heavy atom. The van der Waals surface area contributed by atoms with Gasteiger partial charge in [0.25, 0.3) is 0 Å². The van der Waals surface area contributed by atoms with Gasteiger partial charge in [0.2, 0.25) is 0 Å². The van der Waals surface area contributed by atoms with E-state index in [4.69, 9.17) is 0 Å². The van der Waals surface area contributed by atoms with Gasteiger partial charge in [-0.1, -0.05) is 33.5 Å². The van der Waals surface area contributed by atoms with Gasteiger partial charge < -0.3 is 0 Å². The molecular formula is C17H30Si. The van der Waals surface area contributed by atoms with Crippen LogP contribution in [-0.2, 0) is 0 Å². The number of rotatable bonds is 1. The molecule has 0 aromatic heterocycles. The molecular weight excluding hydrogens is 232 g/mol. The minimum Gasteiger partial charge on any atom is -0.0693 e. The van der Waals surface area contributed by atoms with Crippen molar-refractivity contribution >= 4 is 8.07 Å². The minimum atomic E-state index is -0.904. The smallest absolute Gasteiger partial charge is 0.0476 e. The molecule has 4 saturated carbocycles. The molecule has 0 aromatic rings. The van der Waals surface area contributed by atoms with E-state index in [1.807, 2.05) is 0 Å². The van der Waals surface area contributed by atoms with E-state index in [0.29, 0.717) is 0 Å². The SMILES string of the molecule is CC1C(C)C2CC1C1C3CC(C21)C([Si](C)(C)C)C3. The predicted octanol–water partition coefficient (Wildman–Crippen LogP) is 4.89. The van der Waals surface area contributed by atoms with Crippen molar-refractivity contribution < 1.29 is 0 Å². The third kappa shape index (κ3) is 1.28. The largest absolute Gasteiger partial charge is 0.0693 e. The van der Waals surface area contributed by atoms with Crippen LogP contribution in [0, 0.1) is 47.3 Å². The lowest BCUT2D eigenvalue weighted by Gasteiger charge is -2.46. The van der Waals surface area contributed by atoms with Crippen LogP contribution in [0.3, 0.4) is 0 Å². The summed E-state index contributed by atoms with van der Waals surface area (Å²) in [6.07, 6.45) is 4.88. The molecule has 4 rings (SSSR count). The molecule has 4 aliphatic rings. The maximum Gasteiger partial charge on any atom is 0.0476 e. The Labute approximate surface area is 114 Å². The van der Waals surface area contributed by atoms with Gasteiger partial charge in [-0.05, 0) is 72.1 Å². The minimum absolute atomic E-state index is 0.904. The first kappa shape index (κ1) is 12.0. The monoisotopic (exact) mass is 262 g/mol. The Morgan fingerprint density at radius 2 is 1.33 bits per heavy atom. The van der Waals surface area contributed by atoms with Crippen molar-refractivity contribution in [3.8, 4) is 0 Å². The summed E-state index contributed by atoms with van der Waals surface area (Å²) in [7, 11) is -0.904. The van der Waals surface area contributed by atoms with Crippen molar-refractivity contribution in [1.29, 1.82) is 0 Å². The van der Waals surface area contributed by atoms with E-state index in [2.05, 4.69) is 33.5 Å². The normalized spacial score (nSPS) is 61.5. The molecule has 0 heterocycles. The van der Waals surface area contributed by atoms with Crippen molar-refractivity contribution in [3.63, 3.8) is 0 Å². The first-order valence-corrected chi connectivity index (χ1v) is 12.0. The van der Waals surface area contributed by atoms with E-state index in [9.17, 15) is 0 Å². The Kier molecular flexibility index (Phi) is 2.30. The first-order chi connectivity index (χ1) is 8.39. The van der Waals surface area contributed by atoms with Crippen LogP contribution in [0.5, 0.6) is 0 Å². The van der Waals surface area contributed by atoms with Gasteiger partial charge in [0.05, 0.1) is 0 Å². The van der Waals surface area contributed by atoms with E-state index < -0.39 is 8.07 Å². The fraction of sp³-hybridized carbons (Fsp3) is 1.00. The molecule has 0 nitrogen and oxygen atoms in total. The Morgan fingerprint density at radius 3 is 1.94 bits per heavy atom. The summed E-state index contributed by atoms with van der Waals surface area (Å²) >= 11 is 0. The Hall–Kier alpha value is 0.217. The second-order valence-corrected chi connectivity index (χ2v) is 14.8. The molecule has 0 N–H and O–H groups in total. The van der Waals surface area contributed by atoms with Crippen LogP contribution in [0.2, 0.25) is 25.2 Å². The molecule has 0 aromatic carbocycles. The molecule has 0 saturated heterocycles. The number of fused-ring (bicyclic) bond motifs is 9. The molecule has 4 fully saturated rings. The second kappa shape index (κ2) is 3.45. The molecule has 18 heavy (non-hydrogen) atoms. The van der Waals surface area contributed by atoms with E-state index >= 15 is 0 Å². The van der Waals surface area contributed by atoms with Crippen LogP contribution in [0.1, 0.15) is 33.1 Å². The van der Waals surface area contributed by atoms with Gasteiger partial charge in [0.15, 0.2) is 0 Å². The molecule has 9 unspecified atom stereocenters. The fourth-order valence-corrected chi connectivity index (χ4v) is 9.88. The first-order valence-electron chi connectivity index (χ1n) is 8.39. The number of hydrogen-bond acceptors (Lipinski definition) is 0. The van der Waals surface area contributed by atoms with E-state index in [-0.39, 0.29) is 0 Å². The van der Waals surface area contributed by atoms with Gasteiger partial charge in [-0.25, -0.2) is 0 Å². The van der Waals surface area contributed by atoms with Gasteiger partial charge in [0.1, 0.15) is 0 Å². The third-order valence-corrected chi connectivity index (χ3v) is 10.8. The highest BCUT2D eigenvalue weighted by atomic mass is 28.3. The lowest BCUT2D eigenvalue weighted by atomic mass is 9.64. The summed E-state index contributed by atoms with van der Waals surface area (Å²) in [6, 6.07) is 0. The second-order valence-electron chi connectivity index (χ2n) is 9.30. The van der Waals surface area contributed by atoms with Crippen LogP contribution in [0.25, 0.3) is 0 Å². The summed E-state index contributed by atoms with van der Waals surface area (Å²) in [4.78, 5) is 0. The van der Waals surface area contributed by atoms with Crippen LogP contribution >= 0.6 is 0 Å². The number of hydrogen-bond donors (Lipinski definition) is 0. The fourth-order valence-electron chi connectivity index (χ4n) is 7.22. The Balaban J connectivity index is 1.66. The summed E-state index contributed by atoms with van der Waals surface area (Å²) in [6.45, 7) is 13.0. The zero-order valence-electron chi connectivity index (χ0n) is 12.8. The average Bonchev–Trinajstić information content (AvgIpc) is 2.97. The third-order valence-electron chi connectivity index (χ3n) is 7.96. The average molecular weight is 263 g/mol. The lowest BCUT2D eigenvalue weighted by molar-refractivity contribution is 0.0706. The zero-order chi connectivity index (χ0) is 12.8. The summed E-state index contributed by atoms with van der Waals surface area (Å²) < 4.78 is 0. The van der Waals surface area contributed by atoms with Gasteiger partial charge in [-0.15, -0.1) is 0 Å². The molecule has 9 atom stereocenters. The lowest BCUT2D eigenvalue weighted by Crippen LogP contribution is -2.42. The molecule has 4 aliphatic carbocycles. The quantitative estimate of drug-likeness (QED) is 0.466. The highest BCUT2D eigenvalue weighted by molar-refractivity contribution is 6.77. The molecule has 102 valence electrons. The van der Waals surface area contributed by atoms with Gasteiger partial charge in [0, 0.05) is 8.07 Å². The van der Waals surface area contributed by atoms with Crippen LogP contribution in [-0.4, -0.2) is 8.07 Å². The highest BCUT2D eigenvalue weighted by Crippen LogP contribution is 2.73. The molecule has 0 aliphatic heterocycles. The summed E-state index contributed by atoms with van der Waals surface area (Å²) in [5.74, 6) is 9.02. The maximum absolute atomic E-state index is 2.63. The van der Waals surface area contributed by atoms with Crippen molar-refractivity contribution in [2.24, 2.45) is 47.3 Å². The van der Waals surface area contributed by atoms with Crippen LogP contribution in [0.15, 0.2) is 0 Å². The van der Waals surface area contributed by atoms with Gasteiger partial charge in [-0.2, -0.15) is 0 Å². The molecule has 4 bridgehead atoms. The van der Waals surface area contributed by atoms with Gasteiger partial charge >= 0.3 is 0 Å². The predicted molar refractivity (Wildman–Crippen MR) is 80.2 cm³/mol. The van der Waals surface area contributed by atoms with Crippen molar-refractivity contribution in [2.45, 2.75) is 58.3 Å². The maximum atomic E-state index is 2.63. The van der Waals surface area contributed by atoms with E-state index in [1.54, 1.807) is 19.3 Å². The van der Waals surface area contributed by atoms with E-state index in [1.165, 1.54) is 17.4 Å². The standard InChI is InChI=1S/C17H30Si/c1-9-10(2)13-8-12(9)16-11-6-14(17(13)16)15(7-11)18(3,4)5/h9-17H,6-8H2,1-5H3. The summed E-state index contributed by atoms with van der Waals surface area (Å²) in [5.41, 5.74) is 1.17. The Bertz CT molecular complexity index is 368. The van der Waals surface area contributed by atoms with Crippen molar-refractivity contribution in [2.75, 3.05) is 0 Å². The highest BCUT2D eigenvalue weighted by Gasteiger charge is 2.66. The molecule has 0 radical (unpaired) electrons. The topological polar surface area (TPSA) is 0 Å². The van der Waals surface area contributed by atoms with E-state index in [0.717, 1.165) is 35.5 Å². The zero-order valence-corrected chi connectivity index (χ0v) is 13.8. The molecule has 0 amide bonds. The van der Waals surface area contributed by atoms with Crippen LogP contribution < -0.4 is 0 Å². The van der Waals surface area contributed by atoms with Crippen molar-refractivity contribution in [3.05, 3.63) is 0 Å².